The predicted molar refractivity (Wildman–Crippen MR) is 134 cm³/mol. The number of carbonyl (C=O) groups is 4. The highest BCUT2D eigenvalue weighted by Gasteiger charge is 2.50. The molecule has 12 heteroatoms. The molecule has 1 aromatic carbocycles. The maximum atomic E-state index is 12.9. The van der Waals surface area contributed by atoms with E-state index in [9.17, 15) is 9.59 Å². The highest BCUT2D eigenvalue weighted by molar-refractivity contribution is 7.09. The van der Waals surface area contributed by atoms with Crippen LogP contribution in [0.5, 0.6) is 5.75 Å². The molecule has 3 rings (SSSR count). The van der Waals surface area contributed by atoms with E-state index in [0.717, 1.165) is 18.5 Å². The van der Waals surface area contributed by atoms with E-state index in [1.54, 1.807) is 18.4 Å². The molecule has 0 unspecified atom stereocenters. The maximum absolute atomic E-state index is 12.9. The Balaban J connectivity index is 0.000000717. The third-order valence-electron chi connectivity index (χ3n) is 5.90. The van der Waals surface area contributed by atoms with Crippen LogP contribution in [0.4, 0.5) is 0 Å². The molecule has 1 aliphatic rings. The molecule has 0 bridgehead atoms. The fourth-order valence-electron chi connectivity index (χ4n) is 4.02. The van der Waals surface area contributed by atoms with Gasteiger partial charge in [-0.1, -0.05) is 24.3 Å². The number of thiophene rings is 1. The number of carbonyl (C=O) groups excluding carboxylic acids is 2. The number of methoxy groups -OCH3 is 2. The van der Waals surface area contributed by atoms with Gasteiger partial charge in [-0.2, -0.15) is 0 Å². The molecule has 1 fully saturated rings. The number of piperidine rings is 1. The standard InChI is InChI=1S/C23H30N2O5S.C2H2O4/c1-18(26)25(30-17-19-7-4-5-9-21(19)28-2)23(22(27)29-3)11-14-24(15-12-23)13-10-20-8-6-16-31-20;3-1(4)2(5)6/h4-9,16H,10-15,17H2,1-3H3;(H,3,4)(H,5,6). The first-order valence-corrected chi connectivity index (χ1v) is 12.4. The molecule has 1 aliphatic heterocycles. The summed E-state index contributed by atoms with van der Waals surface area (Å²) in [6.45, 7) is 3.81. The molecule has 2 aromatic rings. The Morgan fingerprint density at radius 1 is 1.03 bits per heavy atom. The molecule has 0 aliphatic carbocycles. The molecular weight excluding hydrogens is 504 g/mol. The van der Waals surface area contributed by atoms with E-state index in [2.05, 4.69) is 22.4 Å². The third-order valence-corrected chi connectivity index (χ3v) is 6.84. The number of rotatable bonds is 9. The molecule has 0 spiro atoms. The van der Waals surface area contributed by atoms with Gasteiger partial charge in [-0.05, 0) is 36.8 Å². The molecule has 0 radical (unpaired) electrons. The van der Waals surface area contributed by atoms with E-state index in [0.29, 0.717) is 31.7 Å². The van der Waals surface area contributed by atoms with Gasteiger partial charge >= 0.3 is 17.9 Å². The van der Waals surface area contributed by atoms with Crippen molar-refractivity contribution in [3.8, 4) is 5.75 Å². The first kappa shape index (κ1) is 29.7. The smallest absolute Gasteiger partial charge is 0.414 e. The summed E-state index contributed by atoms with van der Waals surface area (Å²) in [5.41, 5.74) is -0.341. The van der Waals surface area contributed by atoms with Gasteiger partial charge in [0.1, 0.15) is 12.4 Å². The minimum atomic E-state index is -1.82. The van der Waals surface area contributed by atoms with Crippen LogP contribution in [-0.4, -0.2) is 83.4 Å². The molecule has 0 atom stereocenters. The Bertz CT molecular complexity index is 1040. The second kappa shape index (κ2) is 14.3. The number of aliphatic carboxylic acids is 2. The number of hydrogen-bond donors (Lipinski definition) is 2. The maximum Gasteiger partial charge on any atom is 0.414 e. The number of carboxylic acids is 2. The number of hydroxylamine groups is 2. The number of amides is 1. The molecule has 1 aromatic heterocycles. The van der Waals surface area contributed by atoms with Crippen LogP contribution < -0.4 is 4.74 Å². The van der Waals surface area contributed by atoms with Gasteiger partial charge in [-0.15, -0.1) is 11.3 Å². The van der Waals surface area contributed by atoms with Crippen molar-refractivity contribution in [3.05, 3.63) is 52.2 Å². The van der Waals surface area contributed by atoms with Crippen molar-refractivity contribution in [1.82, 2.24) is 9.96 Å². The zero-order valence-electron chi connectivity index (χ0n) is 21.0. The molecule has 11 nitrogen and oxygen atoms in total. The number of hydrogen-bond acceptors (Lipinski definition) is 9. The van der Waals surface area contributed by atoms with Crippen molar-refractivity contribution < 1.29 is 43.7 Å². The van der Waals surface area contributed by atoms with Gasteiger partial charge in [0.05, 0.1) is 14.2 Å². The molecule has 0 saturated carbocycles. The van der Waals surface area contributed by atoms with Crippen LogP contribution >= 0.6 is 11.3 Å². The van der Waals surface area contributed by atoms with Crippen LogP contribution in [0, 0.1) is 0 Å². The molecule has 2 N–H and O–H groups in total. The molecule has 1 amide bonds. The first-order chi connectivity index (χ1) is 17.6. The van der Waals surface area contributed by atoms with Crippen LogP contribution in [0.3, 0.4) is 0 Å². The van der Waals surface area contributed by atoms with Gasteiger partial charge in [-0.25, -0.2) is 19.4 Å². The van der Waals surface area contributed by atoms with Crippen LogP contribution in [0.25, 0.3) is 0 Å². The lowest BCUT2D eigenvalue weighted by Gasteiger charge is -2.45. The summed E-state index contributed by atoms with van der Waals surface area (Å²) < 4.78 is 10.5. The van der Waals surface area contributed by atoms with E-state index in [1.165, 1.54) is 24.0 Å². The Morgan fingerprint density at radius 3 is 2.19 bits per heavy atom. The zero-order valence-corrected chi connectivity index (χ0v) is 21.9. The lowest BCUT2D eigenvalue weighted by molar-refractivity contribution is -0.240. The number of ether oxygens (including phenoxy) is 2. The summed E-state index contributed by atoms with van der Waals surface area (Å²) in [5, 5.41) is 18.1. The van der Waals surface area contributed by atoms with E-state index in [1.807, 2.05) is 24.3 Å². The predicted octanol–water partition coefficient (Wildman–Crippen LogP) is 2.44. The highest BCUT2D eigenvalue weighted by atomic mass is 32.1. The third kappa shape index (κ3) is 8.27. The Morgan fingerprint density at radius 2 is 1.68 bits per heavy atom. The number of likely N-dealkylation sites (tertiary alicyclic amines) is 1. The van der Waals surface area contributed by atoms with Crippen molar-refractivity contribution in [3.63, 3.8) is 0 Å². The summed E-state index contributed by atoms with van der Waals surface area (Å²) in [7, 11) is 2.94. The first-order valence-electron chi connectivity index (χ1n) is 11.5. The minimum absolute atomic E-state index is 0.116. The summed E-state index contributed by atoms with van der Waals surface area (Å²) in [6.07, 6.45) is 1.88. The summed E-state index contributed by atoms with van der Waals surface area (Å²) in [5.74, 6) is -3.75. The molecule has 202 valence electrons. The second-order valence-electron chi connectivity index (χ2n) is 8.20. The van der Waals surface area contributed by atoms with E-state index in [4.69, 9.17) is 34.1 Å². The van der Waals surface area contributed by atoms with Gasteiger partial charge in [0.2, 0.25) is 5.91 Å². The number of nitrogens with zero attached hydrogens (tertiary/aromatic N) is 2. The van der Waals surface area contributed by atoms with Crippen LogP contribution in [0.1, 0.15) is 30.2 Å². The molecule has 2 heterocycles. The van der Waals surface area contributed by atoms with Gasteiger partial charge < -0.3 is 24.6 Å². The van der Waals surface area contributed by atoms with Gasteiger partial charge in [0.15, 0.2) is 5.54 Å². The van der Waals surface area contributed by atoms with Gasteiger partial charge in [0.25, 0.3) is 0 Å². The van der Waals surface area contributed by atoms with E-state index < -0.39 is 23.4 Å². The fourth-order valence-corrected chi connectivity index (χ4v) is 4.72. The van der Waals surface area contributed by atoms with Crippen LogP contribution in [0.15, 0.2) is 41.8 Å². The topological polar surface area (TPSA) is 143 Å². The van der Waals surface area contributed by atoms with E-state index in [-0.39, 0.29) is 12.5 Å². The number of carboxylic acid groups (broad SMARTS) is 2. The SMILES string of the molecule is COC(=O)C1(N(OCc2ccccc2OC)C(C)=O)CCN(CCc2cccs2)CC1.O=C(O)C(=O)O. The number of esters is 1. The van der Waals surface area contributed by atoms with Crippen molar-refractivity contribution in [2.45, 2.75) is 38.3 Å². The van der Waals surface area contributed by atoms with Crippen molar-refractivity contribution in [1.29, 1.82) is 0 Å². The van der Waals surface area contributed by atoms with E-state index >= 15 is 0 Å². The molecular formula is C25H32N2O9S. The van der Waals surface area contributed by atoms with Crippen molar-refractivity contribution in [2.24, 2.45) is 0 Å². The van der Waals surface area contributed by atoms with Gasteiger partial charge in [0, 0.05) is 37.0 Å². The fraction of sp³-hybridized carbons (Fsp3) is 0.440. The Labute approximate surface area is 219 Å². The lowest BCUT2D eigenvalue weighted by atomic mass is 9.86. The van der Waals surface area contributed by atoms with Crippen molar-refractivity contribution >= 4 is 35.2 Å². The quantitative estimate of drug-likeness (QED) is 0.279. The summed E-state index contributed by atoms with van der Waals surface area (Å²) in [6, 6.07) is 11.6. The average Bonchev–Trinajstić information content (AvgIpc) is 3.42. The Kier molecular flexibility index (Phi) is 11.5. The zero-order chi connectivity index (χ0) is 27.4. The molecule has 1 saturated heterocycles. The van der Waals surface area contributed by atoms with Gasteiger partial charge in [-0.3, -0.25) is 9.63 Å². The number of para-hydroxylation sites is 1. The summed E-state index contributed by atoms with van der Waals surface area (Å²) in [4.78, 5) is 53.2. The lowest BCUT2D eigenvalue weighted by Crippen LogP contribution is -2.61. The molecule has 37 heavy (non-hydrogen) atoms. The summed E-state index contributed by atoms with van der Waals surface area (Å²) >= 11 is 1.75. The second-order valence-corrected chi connectivity index (χ2v) is 9.24. The average molecular weight is 537 g/mol. The largest absolute Gasteiger partial charge is 0.496 e. The normalized spacial score (nSPS) is 14.6. The minimum Gasteiger partial charge on any atom is -0.496 e. The monoisotopic (exact) mass is 536 g/mol. The number of benzene rings is 1. The van der Waals surface area contributed by atoms with Crippen LogP contribution in [0.2, 0.25) is 0 Å². The highest BCUT2D eigenvalue weighted by Crippen LogP contribution is 2.32. The van der Waals surface area contributed by atoms with Crippen LogP contribution in [-0.2, 0) is 41.8 Å². The van der Waals surface area contributed by atoms with Crippen molar-refractivity contribution in [2.75, 3.05) is 33.9 Å². The Hall–Kier alpha value is -3.48.